The van der Waals surface area contributed by atoms with Crippen LogP contribution in [-0.2, 0) is 0 Å². The number of rotatable bonds is 23. The third-order valence-electron chi connectivity index (χ3n) is 4.85. The van der Waals surface area contributed by atoms with Gasteiger partial charge in [-0.25, -0.2) is 0 Å². The zero-order valence-electron chi connectivity index (χ0n) is 17.3. The second-order valence-electron chi connectivity index (χ2n) is 7.46. The molecule has 0 spiro atoms. The van der Waals surface area contributed by atoms with Crippen molar-refractivity contribution in [2.24, 2.45) is 0 Å². The Morgan fingerprint density at radius 2 is 0.538 bits per heavy atom. The zero-order chi connectivity index (χ0) is 19.0. The molecule has 0 unspecified atom stereocenters. The Morgan fingerprint density at radius 3 is 0.808 bits per heavy atom. The van der Waals surface area contributed by atoms with Gasteiger partial charge in [-0.05, 0) is 0 Å². The van der Waals surface area contributed by atoms with Crippen molar-refractivity contribution >= 4 is 26.3 Å². The van der Waals surface area contributed by atoms with Gasteiger partial charge >= 0.3 is 176 Å². The SMILES string of the molecule is OCCCCCCCCCCC[Se][Se]CCCCCCCCCCCO. The summed E-state index contributed by atoms with van der Waals surface area (Å²) < 4.78 is 0. The molecule has 2 N–H and O–H groups in total. The Hall–Kier alpha value is 0.959. The predicted octanol–water partition coefficient (Wildman–Crippen LogP) is 6.15. The molecule has 0 aromatic heterocycles. The van der Waals surface area contributed by atoms with Crippen LogP contribution in [0.1, 0.15) is 116 Å². The summed E-state index contributed by atoms with van der Waals surface area (Å²) in [6.07, 6.45) is 24.3. The van der Waals surface area contributed by atoms with Crippen molar-refractivity contribution in [2.75, 3.05) is 13.2 Å². The molecule has 26 heavy (non-hydrogen) atoms. The zero-order valence-corrected chi connectivity index (χ0v) is 20.7. The Balaban J connectivity index is 2.95. The minimum atomic E-state index is 0.371. The Kier molecular flexibility index (Phi) is 26.9. The molecule has 0 bridgehead atoms. The van der Waals surface area contributed by atoms with Crippen LogP contribution in [0.25, 0.3) is 0 Å². The molecule has 0 saturated heterocycles. The molecule has 0 saturated carbocycles. The fraction of sp³-hybridized carbons (Fsp3) is 1.00. The van der Waals surface area contributed by atoms with Gasteiger partial charge in [-0.1, -0.05) is 0 Å². The van der Waals surface area contributed by atoms with E-state index in [0.29, 0.717) is 13.2 Å². The second-order valence-corrected chi connectivity index (χ2v) is 15.3. The van der Waals surface area contributed by atoms with Crippen LogP contribution < -0.4 is 0 Å². The van der Waals surface area contributed by atoms with E-state index in [2.05, 4.69) is 0 Å². The third-order valence-corrected chi connectivity index (χ3v) is 12.6. The summed E-state index contributed by atoms with van der Waals surface area (Å²) in [6.45, 7) is 0.742. The third kappa shape index (κ3) is 25.0. The molecule has 158 valence electrons. The van der Waals surface area contributed by atoms with Crippen LogP contribution in [0, 0.1) is 0 Å². The van der Waals surface area contributed by atoms with Crippen molar-refractivity contribution in [1.82, 2.24) is 0 Å². The molecule has 0 heterocycles. The molecule has 0 fully saturated rings. The number of unbranched alkanes of at least 4 members (excludes halogenated alkanes) is 16. The molecule has 0 aliphatic carbocycles. The average molecular weight is 501 g/mol. The van der Waals surface area contributed by atoms with Gasteiger partial charge in [-0.3, -0.25) is 0 Å². The van der Waals surface area contributed by atoms with Gasteiger partial charge in [0, 0.05) is 0 Å². The fourth-order valence-corrected chi connectivity index (χ4v) is 10.1. The van der Waals surface area contributed by atoms with Gasteiger partial charge in [0.25, 0.3) is 0 Å². The molecule has 0 aliphatic rings. The van der Waals surface area contributed by atoms with Crippen molar-refractivity contribution in [3.63, 3.8) is 0 Å². The fourth-order valence-electron chi connectivity index (χ4n) is 3.14. The van der Waals surface area contributed by atoms with Crippen molar-refractivity contribution in [2.45, 2.75) is 126 Å². The minimum absolute atomic E-state index is 0.371. The Morgan fingerprint density at radius 1 is 0.308 bits per heavy atom. The second kappa shape index (κ2) is 26.0. The first kappa shape index (κ1) is 27.0. The number of hydrogen-bond acceptors (Lipinski definition) is 2. The van der Waals surface area contributed by atoms with Gasteiger partial charge in [0.15, 0.2) is 0 Å². The molecule has 2 nitrogen and oxygen atoms in total. The molecule has 0 radical (unpaired) electrons. The first-order valence-corrected chi connectivity index (χ1v) is 18.1. The van der Waals surface area contributed by atoms with Gasteiger partial charge in [0.2, 0.25) is 0 Å². The number of aliphatic hydroxyl groups excluding tert-OH is 2. The molecular formula is C22H46O2Se2. The van der Waals surface area contributed by atoms with Crippen LogP contribution in [0.2, 0.25) is 10.6 Å². The van der Waals surface area contributed by atoms with Gasteiger partial charge in [-0.15, -0.1) is 0 Å². The van der Waals surface area contributed by atoms with Crippen LogP contribution >= 0.6 is 0 Å². The molecule has 0 atom stereocenters. The molecular weight excluding hydrogens is 454 g/mol. The Bertz CT molecular complexity index is 216. The topological polar surface area (TPSA) is 40.5 Å². The monoisotopic (exact) mass is 502 g/mol. The molecule has 0 aromatic rings. The average Bonchev–Trinajstić information content (AvgIpc) is 2.66. The van der Waals surface area contributed by atoms with Crippen molar-refractivity contribution in [3.05, 3.63) is 0 Å². The van der Waals surface area contributed by atoms with Gasteiger partial charge < -0.3 is 0 Å². The van der Waals surface area contributed by atoms with E-state index in [4.69, 9.17) is 10.2 Å². The summed E-state index contributed by atoms with van der Waals surface area (Å²) in [7, 11) is 0. The van der Waals surface area contributed by atoms with E-state index >= 15 is 0 Å². The van der Waals surface area contributed by atoms with E-state index < -0.39 is 0 Å². The summed E-state index contributed by atoms with van der Waals surface area (Å²) in [6, 6.07) is 0. The van der Waals surface area contributed by atoms with E-state index in [1.54, 1.807) is 0 Å². The molecule has 4 heteroatoms. The van der Waals surface area contributed by atoms with E-state index in [-0.39, 0.29) is 0 Å². The molecule has 0 aliphatic heterocycles. The van der Waals surface area contributed by atoms with Gasteiger partial charge in [-0.2, -0.15) is 0 Å². The molecule has 0 rings (SSSR count). The van der Waals surface area contributed by atoms with Crippen LogP contribution in [0.5, 0.6) is 0 Å². The molecule has 0 amide bonds. The molecule has 0 aromatic carbocycles. The van der Waals surface area contributed by atoms with Crippen LogP contribution in [0.4, 0.5) is 0 Å². The van der Waals surface area contributed by atoms with E-state index in [0.717, 1.165) is 39.1 Å². The normalized spacial score (nSPS) is 11.3. The van der Waals surface area contributed by atoms with Gasteiger partial charge in [0.05, 0.1) is 0 Å². The maximum atomic E-state index is 8.73. The maximum absolute atomic E-state index is 8.73. The summed E-state index contributed by atoms with van der Waals surface area (Å²) in [5.74, 6) is 0. The Labute approximate surface area is 175 Å². The van der Waals surface area contributed by atoms with Crippen molar-refractivity contribution in [3.8, 4) is 0 Å². The first-order valence-electron chi connectivity index (χ1n) is 11.4. The number of aliphatic hydroxyl groups is 2. The van der Waals surface area contributed by atoms with E-state index in [9.17, 15) is 0 Å². The standard InChI is InChI=1S/C22H46O2Se2/c23-19-15-11-7-3-1-5-9-13-17-21-25-26-22-18-14-10-6-2-4-8-12-16-20-24/h23-24H,1-22H2. The van der Waals surface area contributed by atoms with Gasteiger partial charge in [0.1, 0.15) is 0 Å². The summed E-state index contributed by atoms with van der Waals surface area (Å²) >= 11 is 1.95. The number of hydrogen-bond donors (Lipinski definition) is 2. The van der Waals surface area contributed by atoms with Crippen LogP contribution in [-0.4, -0.2) is 49.7 Å². The van der Waals surface area contributed by atoms with Crippen molar-refractivity contribution < 1.29 is 10.2 Å². The first-order chi connectivity index (χ1) is 12.9. The van der Waals surface area contributed by atoms with Crippen LogP contribution in [0.15, 0.2) is 0 Å². The van der Waals surface area contributed by atoms with E-state index in [1.165, 1.54) is 113 Å². The quantitative estimate of drug-likeness (QED) is 0.130. The van der Waals surface area contributed by atoms with Crippen molar-refractivity contribution in [1.29, 1.82) is 0 Å². The summed E-state index contributed by atoms with van der Waals surface area (Å²) in [5, 5.41) is 20.5. The van der Waals surface area contributed by atoms with Crippen LogP contribution in [0.3, 0.4) is 0 Å². The summed E-state index contributed by atoms with van der Waals surface area (Å²) in [4.78, 5) is 0. The van der Waals surface area contributed by atoms with E-state index in [1.807, 2.05) is 0 Å². The summed E-state index contributed by atoms with van der Waals surface area (Å²) in [5.41, 5.74) is 0. The predicted molar refractivity (Wildman–Crippen MR) is 118 cm³/mol.